The van der Waals surface area contributed by atoms with Crippen LogP contribution in [0.1, 0.15) is 129 Å². The van der Waals surface area contributed by atoms with E-state index in [0.29, 0.717) is 32.1 Å². The molecular formula is C27H51N3O5. The van der Waals surface area contributed by atoms with E-state index >= 15 is 0 Å². The minimum atomic E-state index is -1.13. The van der Waals surface area contributed by atoms with Crippen molar-refractivity contribution in [3.05, 3.63) is 0 Å². The molecule has 0 saturated carbocycles. The van der Waals surface area contributed by atoms with Gasteiger partial charge >= 0.3 is 5.97 Å². The number of hydrogen-bond donors (Lipinski definition) is 4. The fourth-order valence-electron chi connectivity index (χ4n) is 3.99. The zero-order valence-electron chi connectivity index (χ0n) is 22.0. The standard InChI is InChI=1S/C27H51N3O5/c1-2-3-4-5-6-7-8-9-10-11-12-13-14-18-26(33)30-24(27(34)35)19-20-25(32)29-21-16-15-17-23(28)22-31/h22-24H,2-21,28H2,1H3,(H,29,32)(H,30,33)(H,34,35). The Morgan fingerprint density at radius 2 is 1.29 bits per heavy atom. The van der Waals surface area contributed by atoms with Crippen LogP contribution in [0.15, 0.2) is 0 Å². The maximum absolute atomic E-state index is 12.1. The summed E-state index contributed by atoms with van der Waals surface area (Å²) in [6, 6.07) is -1.52. The number of aliphatic carboxylic acids is 1. The molecule has 2 atom stereocenters. The van der Waals surface area contributed by atoms with Gasteiger partial charge in [0.1, 0.15) is 12.3 Å². The lowest BCUT2D eigenvalue weighted by molar-refractivity contribution is -0.142. The van der Waals surface area contributed by atoms with Gasteiger partial charge in [-0.15, -0.1) is 0 Å². The molecular weight excluding hydrogens is 446 g/mol. The quantitative estimate of drug-likeness (QED) is 0.107. The average molecular weight is 498 g/mol. The second-order valence-corrected chi connectivity index (χ2v) is 9.64. The van der Waals surface area contributed by atoms with Crippen LogP contribution in [0.5, 0.6) is 0 Å². The van der Waals surface area contributed by atoms with E-state index in [0.717, 1.165) is 25.7 Å². The van der Waals surface area contributed by atoms with E-state index in [1.54, 1.807) is 0 Å². The van der Waals surface area contributed by atoms with Gasteiger partial charge in [0, 0.05) is 19.4 Å². The summed E-state index contributed by atoms with van der Waals surface area (Å²) in [6.45, 7) is 2.69. The third-order valence-corrected chi connectivity index (χ3v) is 6.26. The van der Waals surface area contributed by atoms with Gasteiger partial charge in [-0.05, 0) is 32.1 Å². The normalized spacial score (nSPS) is 12.6. The number of aldehydes is 1. The number of nitrogens with two attached hydrogens (primary N) is 1. The minimum absolute atomic E-state index is 0.0316. The highest BCUT2D eigenvalue weighted by molar-refractivity contribution is 5.84. The highest BCUT2D eigenvalue weighted by atomic mass is 16.4. The first kappa shape index (κ1) is 33.0. The molecule has 204 valence electrons. The summed E-state index contributed by atoms with van der Waals surface area (Å²) < 4.78 is 0. The zero-order chi connectivity index (χ0) is 26.2. The van der Waals surface area contributed by atoms with Crippen molar-refractivity contribution in [3.63, 3.8) is 0 Å². The Balaban J connectivity index is 3.75. The fraction of sp³-hybridized carbons (Fsp3) is 0.852. The molecule has 8 nitrogen and oxygen atoms in total. The van der Waals surface area contributed by atoms with Gasteiger partial charge in [-0.3, -0.25) is 9.59 Å². The minimum Gasteiger partial charge on any atom is -0.480 e. The van der Waals surface area contributed by atoms with Crippen molar-refractivity contribution in [1.29, 1.82) is 0 Å². The van der Waals surface area contributed by atoms with Crippen LogP contribution >= 0.6 is 0 Å². The first-order chi connectivity index (χ1) is 16.9. The molecule has 0 aliphatic heterocycles. The second-order valence-electron chi connectivity index (χ2n) is 9.64. The Morgan fingerprint density at radius 1 is 0.743 bits per heavy atom. The van der Waals surface area contributed by atoms with Gasteiger partial charge in [-0.1, -0.05) is 84.0 Å². The number of hydrogen-bond acceptors (Lipinski definition) is 5. The van der Waals surface area contributed by atoms with Gasteiger partial charge in [-0.2, -0.15) is 0 Å². The van der Waals surface area contributed by atoms with E-state index < -0.39 is 18.1 Å². The SMILES string of the molecule is CCCCCCCCCCCCCCCC(=O)NC(CCC(=O)NCCCCC(N)C=O)C(=O)O. The average Bonchev–Trinajstić information content (AvgIpc) is 2.83. The highest BCUT2D eigenvalue weighted by Gasteiger charge is 2.20. The van der Waals surface area contributed by atoms with Crippen LogP contribution in [0.2, 0.25) is 0 Å². The van der Waals surface area contributed by atoms with Crippen LogP contribution in [0.25, 0.3) is 0 Å². The summed E-state index contributed by atoms with van der Waals surface area (Å²) in [5, 5.41) is 14.6. The molecule has 5 N–H and O–H groups in total. The molecule has 0 saturated heterocycles. The monoisotopic (exact) mass is 497 g/mol. The first-order valence-corrected chi connectivity index (χ1v) is 13.9. The summed E-state index contributed by atoms with van der Waals surface area (Å²) in [5.41, 5.74) is 5.51. The van der Waals surface area contributed by atoms with Crippen LogP contribution in [0.3, 0.4) is 0 Å². The van der Waals surface area contributed by atoms with Crippen LogP contribution in [-0.4, -0.2) is 47.8 Å². The number of carboxylic acids is 1. The summed E-state index contributed by atoms with van der Waals surface area (Å²) in [5.74, 6) is -1.64. The molecule has 0 radical (unpaired) electrons. The topological polar surface area (TPSA) is 139 Å². The molecule has 2 amide bonds. The fourth-order valence-corrected chi connectivity index (χ4v) is 3.99. The van der Waals surface area contributed by atoms with Gasteiger partial charge in [0.2, 0.25) is 11.8 Å². The molecule has 0 aromatic heterocycles. The molecule has 0 rings (SSSR count). The van der Waals surface area contributed by atoms with Crippen molar-refractivity contribution in [2.75, 3.05) is 6.54 Å². The van der Waals surface area contributed by atoms with Gasteiger partial charge < -0.3 is 26.3 Å². The van der Waals surface area contributed by atoms with Crippen LogP contribution in [0.4, 0.5) is 0 Å². The number of nitrogens with one attached hydrogen (secondary N) is 2. The number of amides is 2. The summed E-state index contributed by atoms with van der Waals surface area (Å²) in [7, 11) is 0. The van der Waals surface area contributed by atoms with Crippen molar-refractivity contribution in [2.24, 2.45) is 5.73 Å². The largest absolute Gasteiger partial charge is 0.480 e. The molecule has 0 fully saturated rings. The maximum atomic E-state index is 12.1. The predicted octanol–water partition coefficient (Wildman–Crippen LogP) is 4.63. The van der Waals surface area contributed by atoms with Gasteiger partial charge in [-0.25, -0.2) is 4.79 Å². The lowest BCUT2D eigenvalue weighted by Crippen LogP contribution is -2.41. The Kier molecular flexibility index (Phi) is 22.4. The number of unbranched alkanes of at least 4 members (excludes halogenated alkanes) is 13. The van der Waals surface area contributed by atoms with E-state index in [2.05, 4.69) is 17.6 Å². The molecule has 0 bridgehead atoms. The molecule has 0 aliphatic carbocycles. The predicted molar refractivity (Wildman–Crippen MR) is 140 cm³/mol. The van der Waals surface area contributed by atoms with Gasteiger partial charge in [0.15, 0.2) is 0 Å². The lowest BCUT2D eigenvalue weighted by Gasteiger charge is -2.14. The molecule has 2 unspecified atom stereocenters. The van der Waals surface area contributed by atoms with E-state index in [9.17, 15) is 24.3 Å². The molecule has 0 aromatic carbocycles. The third kappa shape index (κ3) is 22.3. The van der Waals surface area contributed by atoms with Crippen LogP contribution in [-0.2, 0) is 19.2 Å². The molecule has 0 aromatic rings. The molecule has 8 heteroatoms. The lowest BCUT2D eigenvalue weighted by atomic mass is 10.0. The number of carboxylic acid groups (broad SMARTS) is 1. The molecule has 0 spiro atoms. The first-order valence-electron chi connectivity index (χ1n) is 13.9. The smallest absolute Gasteiger partial charge is 0.326 e. The Labute approximate surface area is 212 Å². The summed E-state index contributed by atoms with van der Waals surface area (Å²) in [4.78, 5) is 45.9. The van der Waals surface area contributed by atoms with E-state index in [1.807, 2.05) is 0 Å². The Hall–Kier alpha value is -1.96. The van der Waals surface area contributed by atoms with E-state index in [1.165, 1.54) is 64.2 Å². The highest BCUT2D eigenvalue weighted by Crippen LogP contribution is 2.13. The number of carbonyl (C=O) groups is 4. The molecule has 35 heavy (non-hydrogen) atoms. The van der Waals surface area contributed by atoms with Gasteiger partial charge in [0.05, 0.1) is 6.04 Å². The van der Waals surface area contributed by atoms with Crippen molar-refractivity contribution in [1.82, 2.24) is 10.6 Å². The van der Waals surface area contributed by atoms with Crippen molar-refractivity contribution in [2.45, 2.75) is 141 Å². The molecule has 0 heterocycles. The van der Waals surface area contributed by atoms with E-state index in [-0.39, 0.29) is 24.7 Å². The Morgan fingerprint density at radius 3 is 1.80 bits per heavy atom. The molecule has 0 aliphatic rings. The zero-order valence-corrected chi connectivity index (χ0v) is 22.0. The van der Waals surface area contributed by atoms with Crippen molar-refractivity contribution >= 4 is 24.1 Å². The van der Waals surface area contributed by atoms with Crippen molar-refractivity contribution in [3.8, 4) is 0 Å². The number of rotatable bonds is 25. The van der Waals surface area contributed by atoms with E-state index in [4.69, 9.17) is 5.73 Å². The van der Waals surface area contributed by atoms with Crippen LogP contribution in [0, 0.1) is 0 Å². The summed E-state index contributed by atoms with van der Waals surface area (Å²) in [6.07, 6.45) is 19.1. The maximum Gasteiger partial charge on any atom is 0.326 e. The number of carbonyl (C=O) groups excluding carboxylic acids is 3. The van der Waals surface area contributed by atoms with Crippen LogP contribution < -0.4 is 16.4 Å². The van der Waals surface area contributed by atoms with Gasteiger partial charge in [0.25, 0.3) is 0 Å². The Bertz CT molecular complexity index is 571. The second kappa shape index (κ2) is 23.8. The van der Waals surface area contributed by atoms with Crippen molar-refractivity contribution < 1.29 is 24.3 Å². The summed E-state index contributed by atoms with van der Waals surface area (Å²) >= 11 is 0. The third-order valence-electron chi connectivity index (χ3n) is 6.26.